The van der Waals surface area contributed by atoms with E-state index in [-0.39, 0.29) is 5.91 Å². The Balaban J connectivity index is 1.50. The van der Waals surface area contributed by atoms with Crippen molar-refractivity contribution in [3.63, 3.8) is 0 Å². The maximum atomic E-state index is 12.8. The van der Waals surface area contributed by atoms with Crippen molar-refractivity contribution >= 4 is 38.5 Å². The summed E-state index contributed by atoms with van der Waals surface area (Å²) >= 11 is 3.38. The second-order valence-electron chi connectivity index (χ2n) is 7.58. The van der Waals surface area contributed by atoms with E-state index in [4.69, 9.17) is 9.15 Å². The molecule has 0 spiro atoms. The molecular weight excluding hydrogens is 458 g/mol. The number of halogens is 1. The lowest BCUT2D eigenvalue weighted by atomic mass is 10.0. The first-order valence-electron chi connectivity index (χ1n) is 9.71. The smallest absolute Gasteiger partial charge is 0.344 e. The highest BCUT2D eigenvalue weighted by Crippen LogP contribution is 2.25. The van der Waals surface area contributed by atoms with Gasteiger partial charge in [0.15, 0.2) is 5.60 Å². The summed E-state index contributed by atoms with van der Waals surface area (Å²) in [5.41, 5.74) is 0.851. The highest BCUT2D eigenvalue weighted by Gasteiger charge is 2.30. The van der Waals surface area contributed by atoms with Crippen molar-refractivity contribution in [3.8, 4) is 16.9 Å². The molecule has 4 rings (SSSR count). The second kappa shape index (κ2) is 8.40. The van der Waals surface area contributed by atoms with Crippen molar-refractivity contribution in [2.45, 2.75) is 19.4 Å². The van der Waals surface area contributed by atoms with Gasteiger partial charge in [0.1, 0.15) is 11.3 Å². The molecule has 1 N–H and O–H groups in total. The molecule has 5 nitrogen and oxygen atoms in total. The van der Waals surface area contributed by atoms with E-state index in [1.54, 1.807) is 56.3 Å². The van der Waals surface area contributed by atoms with E-state index < -0.39 is 11.2 Å². The number of hydrogen-bond acceptors (Lipinski definition) is 4. The van der Waals surface area contributed by atoms with Gasteiger partial charge in [0, 0.05) is 15.5 Å². The summed E-state index contributed by atoms with van der Waals surface area (Å²) in [6.07, 6.45) is 0. The van der Waals surface area contributed by atoms with E-state index in [2.05, 4.69) is 21.2 Å². The number of rotatable bonds is 5. The van der Waals surface area contributed by atoms with Gasteiger partial charge in [-0.3, -0.25) is 4.79 Å². The monoisotopic (exact) mass is 477 g/mol. The molecule has 0 saturated carbocycles. The first kappa shape index (κ1) is 20.9. The lowest BCUT2D eigenvalue weighted by Crippen LogP contribution is -2.42. The number of carbonyl (C=O) groups excluding carboxylic acids is 1. The van der Waals surface area contributed by atoms with Crippen molar-refractivity contribution in [1.29, 1.82) is 0 Å². The van der Waals surface area contributed by atoms with E-state index >= 15 is 0 Å². The third-order valence-electron chi connectivity index (χ3n) is 4.83. The number of ether oxygens (including phenoxy) is 1. The summed E-state index contributed by atoms with van der Waals surface area (Å²) in [6.45, 7) is 3.41. The van der Waals surface area contributed by atoms with Crippen LogP contribution in [0.3, 0.4) is 0 Å². The largest absolute Gasteiger partial charge is 0.478 e. The minimum Gasteiger partial charge on any atom is -0.478 e. The first-order chi connectivity index (χ1) is 14.8. The molecule has 6 heteroatoms. The average Bonchev–Trinajstić information content (AvgIpc) is 2.75. The number of amides is 1. The Bertz CT molecular complexity index is 1290. The van der Waals surface area contributed by atoms with Gasteiger partial charge < -0.3 is 14.5 Å². The van der Waals surface area contributed by atoms with Crippen LogP contribution in [0.5, 0.6) is 5.75 Å². The first-order valence-corrected chi connectivity index (χ1v) is 10.5. The van der Waals surface area contributed by atoms with Gasteiger partial charge in [-0.15, -0.1) is 0 Å². The molecule has 1 amide bonds. The van der Waals surface area contributed by atoms with Crippen molar-refractivity contribution < 1.29 is 13.9 Å². The van der Waals surface area contributed by atoms with Crippen molar-refractivity contribution in [2.24, 2.45) is 0 Å². The molecule has 0 aliphatic carbocycles. The van der Waals surface area contributed by atoms with Crippen LogP contribution in [0.25, 0.3) is 22.1 Å². The fourth-order valence-corrected chi connectivity index (χ4v) is 3.39. The maximum absolute atomic E-state index is 12.8. The number of nitrogens with one attached hydrogen (secondary N) is 1. The molecular formula is C25H20BrNO4. The van der Waals surface area contributed by atoms with E-state index in [9.17, 15) is 9.59 Å². The Morgan fingerprint density at radius 2 is 1.65 bits per heavy atom. The summed E-state index contributed by atoms with van der Waals surface area (Å²) in [6, 6.07) is 23.5. The number of fused-ring (bicyclic) bond motifs is 1. The van der Waals surface area contributed by atoms with Gasteiger partial charge in [-0.1, -0.05) is 46.3 Å². The van der Waals surface area contributed by atoms with E-state index in [1.165, 1.54) is 0 Å². The molecule has 1 heterocycles. The minimum absolute atomic E-state index is 0.284. The van der Waals surface area contributed by atoms with Crippen LogP contribution in [0.2, 0.25) is 0 Å². The number of anilines is 1. The van der Waals surface area contributed by atoms with Crippen LogP contribution in [0.15, 0.2) is 92.5 Å². The summed E-state index contributed by atoms with van der Waals surface area (Å²) in [5.74, 6) is 0.315. The van der Waals surface area contributed by atoms with Gasteiger partial charge in [0.25, 0.3) is 5.91 Å². The Labute approximate surface area is 187 Å². The number of hydrogen-bond donors (Lipinski definition) is 1. The Morgan fingerprint density at radius 3 is 2.35 bits per heavy atom. The fourth-order valence-electron chi connectivity index (χ4n) is 3.12. The van der Waals surface area contributed by atoms with Gasteiger partial charge in [-0.05, 0) is 67.9 Å². The lowest BCUT2D eigenvalue weighted by Gasteiger charge is -2.25. The van der Waals surface area contributed by atoms with Crippen LogP contribution in [-0.4, -0.2) is 11.5 Å². The summed E-state index contributed by atoms with van der Waals surface area (Å²) in [7, 11) is 0. The zero-order valence-corrected chi connectivity index (χ0v) is 18.6. The van der Waals surface area contributed by atoms with Crippen molar-refractivity contribution in [2.75, 3.05) is 5.32 Å². The Kier molecular flexibility index (Phi) is 5.65. The maximum Gasteiger partial charge on any atom is 0.344 e. The normalized spacial score (nSPS) is 11.3. The highest BCUT2D eigenvalue weighted by molar-refractivity contribution is 9.10. The van der Waals surface area contributed by atoms with E-state index in [0.29, 0.717) is 28.1 Å². The van der Waals surface area contributed by atoms with Gasteiger partial charge >= 0.3 is 5.63 Å². The SMILES string of the molecule is CC(C)(Oc1ccc(Br)cc1)C(=O)Nc1ccc(-c2cc3ccccc3oc2=O)cc1. The zero-order valence-electron chi connectivity index (χ0n) is 17.0. The molecule has 31 heavy (non-hydrogen) atoms. The minimum atomic E-state index is -1.08. The number of carbonyl (C=O) groups is 1. The molecule has 0 radical (unpaired) electrons. The topological polar surface area (TPSA) is 68.5 Å². The Hall–Kier alpha value is -3.38. The molecule has 0 atom stereocenters. The fraction of sp³-hybridized carbons (Fsp3) is 0.120. The number of benzene rings is 3. The van der Waals surface area contributed by atoms with Crippen molar-refractivity contribution in [3.05, 3.63) is 93.8 Å². The van der Waals surface area contributed by atoms with Crippen LogP contribution < -0.4 is 15.7 Å². The predicted octanol–water partition coefficient (Wildman–Crippen LogP) is 6.02. The molecule has 156 valence electrons. The van der Waals surface area contributed by atoms with Crippen LogP contribution in [-0.2, 0) is 4.79 Å². The summed E-state index contributed by atoms with van der Waals surface area (Å²) in [4.78, 5) is 25.1. The van der Waals surface area contributed by atoms with Gasteiger partial charge in [0.2, 0.25) is 0 Å². The van der Waals surface area contributed by atoms with Crippen LogP contribution in [0.1, 0.15) is 13.8 Å². The quantitative estimate of drug-likeness (QED) is 0.357. The molecule has 3 aromatic carbocycles. The summed E-state index contributed by atoms with van der Waals surface area (Å²) in [5, 5.41) is 3.71. The van der Waals surface area contributed by atoms with E-state index in [1.807, 2.05) is 36.4 Å². The van der Waals surface area contributed by atoms with Crippen molar-refractivity contribution in [1.82, 2.24) is 0 Å². The molecule has 0 fully saturated rings. The van der Waals surface area contributed by atoms with E-state index in [0.717, 1.165) is 9.86 Å². The molecule has 0 aliphatic heterocycles. The third-order valence-corrected chi connectivity index (χ3v) is 5.36. The highest BCUT2D eigenvalue weighted by atomic mass is 79.9. The summed E-state index contributed by atoms with van der Waals surface area (Å²) < 4.78 is 12.2. The molecule has 0 bridgehead atoms. The van der Waals surface area contributed by atoms with Crippen LogP contribution >= 0.6 is 15.9 Å². The van der Waals surface area contributed by atoms with Gasteiger partial charge in [0.05, 0.1) is 5.56 Å². The van der Waals surface area contributed by atoms with Crippen LogP contribution in [0, 0.1) is 0 Å². The zero-order chi connectivity index (χ0) is 22.0. The third kappa shape index (κ3) is 4.70. The van der Waals surface area contributed by atoms with Gasteiger partial charge in [-0.2, -0.15) is 0 Å². The molecule has 0 unspecified atom stereocenters. The average molecular weight is 478 g/mol. The van der Waals surface area contributed by atoms with Crippen LogP contribution in [0.4, 0.5) is 5.69 Å². The number of para-hydroxylation sites is 1. The molecule has 0 saturated heterocycles. The standard InChI is InChI=1S/C25H20BrNO4/c1-25(2,31-20-13-9-18(26)10-14-20)24(29)27-19-11-7-16(8-12-19)21-15-17-5-3-4-6-22(17)30-23(21)28/h3-15H,1-2H3,(H,27,29). The molecule has 4 aromatic rings. The molecule has 1 aromatic heterocycles. The Morgan fingerprint density at radius 1 is 0.968 bits per heavy atom. The molecule has 0 aliphatic rings. The van der Waals surface area contributed by atoms with Gasteiger partial charge in [-0.25, -0.2) is 4.79 Å². The second-order valence-corrected chi connectivity index (χ2v) is 8.50. The predicted molar refractivity (Wildman–Crippen MR) is 125 cm³/mol. The lowest BCUT2D eigenvalue weighted by molar-refractivity contribution is -0.128.